The first-order valence-electron chi connectivity index (χ1n) is 8.36. The lowest BCUT2D eigenvalue weighted by Gasteiger charge is -2.24. The van der Waals surface area contributed by atoms with Crippen LogP contribution in [-0.4, -0.2) is 16.0 Å². The van der Waals surface area contributed by atoms with Crippen LogP contribution in [0, 0.1) is 6.92 Å². The van der Waals surface area contributed by atoms with E-state index in [2.05, 4.69) is 5.32 Å². The molecule has 4 rings (SSSR count). The van der Waals surface area contributed by atoms with Crippen molar-refractivity contribution in [1.82, 2.24) is 9.97 Å². The van der Waals surface area contributed by atoms with Crippen molar-refractivity contribution in [3.63, 3.8) is 0 Å². The predicted octanol–water partition coefficient (Wildman–Crippen LogP) is 4.62. The van der Waals surface area contributed by atoms with E-state index in [1.807, 2.05) is 18.3 Å². The predicted molar refractivity (Wildman–Crippen MR) is 89.3 cm³/mol. The average molecular weight is 301 g/mol. The fourth-order valence-corrected chi connectivity index (χ4v) is 5.12. The first-order valence-corrected chi connectivity index (χ1v) is 9.18. The van der Waals surface area contributed by atoms with E-state index < -0.39 is 0 Å². The van der Waals surface area contributed by atoms with Crippen molar-refractivity contribution in [3.8, 4) is 0 Å². The molecule has 3 nitrogen and oxygen atoms in total. The van der Waals surface area contributed by atoms with Crippen LogP contribution in [0.25, 0.3) is 10.2 Å². The first-order chi connectivity index (χ1) is 10.3. The number of hydrogen-bond donors (Lipinski definition) is 1. The minimum atomic E-state index is 0.607. The Kier molecular flexibility index (Phi) is 3.57. The minimum absolute atomic E-state index is 0.607. The van der Waals surface area contributed by atoms with Crippen LogP contribution in [0.3, 0.4) is 0 Å². The molecule has 0 bridgehead atoms. The molecule has 4 heteroatoms. The van der Waals surface area contributed by atoms with Crippen LogP contribution in [0.15, 0.2) is 0 Å². The summed E-state index contributed by atoms with van der Waals surface area (Å²) >= 11 is 1.90. The van der Waals surface area contributed by atoms with Crippen LogP contribution in [0.5, 0.6) is 0 Å². The number of aromatic nitrogens is 2. The number of hydrogen-bond acceptors (Lipinski definition) is 4. The minimum Gasteiger partial charge on any atom is -0.367 e. The lowest BCUT2D eigenvalue weighted by molar-refractivity contribution is 0.462. The Morgan fingerprint density at radius 3 is 2.67 bits per heavy atom. The topological polar surface area (TPSA) is 37.8 Å². The lowest BCUT2D eigenvalue weighted by Crippen LogP contribution is -2.23. The van der Waals surface area contributed by atoms with Crippen LogP contribution in [0.1, 0.15) is 61.2 Å². The summed E-state index contributed by atoms with van der Waals surface area (Å²) in [7, 11) is 0. The molecule has 0 atom stereocenters. The zero-order valence-electron chi connectivity index (χ0n) is 12.7. The highest BCUT2D eigenvalue weighted by atomic mass is 32.1. The van der Waals surface area contributed by atoms with Gasteiger partial charge in [0, 0.05) is 10.9 Å². The van der Waals surface area contributed by atoms with Gasteiger partial charge in [-0.2, -0.15) is 0 Å². The van der Waals surface area contributed by atoms with Crippen LogP contribution in [0.2, 0.25) is 0 Å². The molecule has 0 saturated heterocycles. The molecule has 2 aromatic rings. The molecule has 2 aliphatic carbocycles. The zero-order valence-corrected chi connectivity index (χ0v) is 13.6. The molecule has 0 aliphatic heterocycles. The summed E-state index contributed by atoms with van der Waals surface area (Å²) in [5, 5.41) is 5.10. The van der Waals surface area contributed by atoms with E-state index >= 15 is 0 Å². The molecule has 0 aromatic carbocycles. The number of thiophene rings is 1. The fourth-order valence-electron chi connectivity index (χ4n) is 3.81. The van der Waals surface area contributed by atoms with Crippen molar-refractivity contribution in [2.75, 3.05) is 5.32 Å². The SMILES string of the molecule is Cc1nc(NC2CCCCC2)c2c3c(sc2n1)CCCC3. The Morgan fingerprint density at radius 1 is 1.00 bits per heavy atom. The monoisotopic (exact) mass is 301 g/mol. The number of rotatable bonds is 2. The highest BCUT2D eigenvalue weighted by Gasteiger charge is 2.22. The second-order valence-corrected chi connectivity index (χ2v) is 7.57. The van der Waals surface area contributed by atoms with Crippen molar-refractivity contribution < 1.29 is 0 Å². The van der Waals surface area contributed by atoms with E-state index in [4.69, 9.17) is 9.97 Å². The third-order valence-electron chi connectivity index (χ3n) is 4.87. The Morgan fingerprint density at radius 2 is 1.81 bits per heavy atom. The average Bonchev–Trinajstić information content (AvgIpc) is 2.86. The Balaban J connectivity index is 1.77. The maximum atomic E-state index is 4.76. The smallest absolute Gasteiger partial charge is 0.139 e. The summed E-state index contributed by atoms with van der Waals surface area (Å²) in [6.45, 7) is 2.02. The van der Waals surface area contributed by atoms with Gasteiger partial charge in [-0.15, -0.1) is 11.3 Å². The van der Waals surface area contributed by atoms with Gasteiger partial charge in [0.25, 0.3) is 0 Å². The summed E-state index contributed by atoms with van der Waals surface area (Å²) in [6.07, 6.45) is 11.8. The Hall–Kier alpha value is -1.16. The highest BCUT2D eigenvalue weighted by molar-refractivity contribution is 7.19. The maximum Gasteiger partial charge on any atom is 0.139 e. The molecular weight excluding hydrogens is 278 g/mol. The van der Waals surface area contributed by atoms with E-state index in [1.54, 1.807) is 10.4 Å². The van der Waals surface area contributed by atoms with E-state index in [1.165, 1.54) is 68.0 Å². The molecular formula is C17H23N3S. The highest BCUT2D eigenvalue weighted by Crippen LogP contribution is 2.39. The second-order valence-electron chi connectivity index (χ2n) is 6.49. The van der Waals surface area contributed by atoms with Crippen LogP contribution >= 0.6 is 11.3 Å². The van der Waals surface area contributed by atoms with Gasteiger partial charge in [-0.1, -0.05) is 19.3 Å². The standard InChI is InChI=1S/C17H23N3S/c1-11-18-16(20-12-7-3-2-4-8-12)15-13-9-5-6-10-14(13)21-17(15)19-11/h12H,2-10H2,1H3,(H,18,19,20). The van der Waals surface area contributed by atoms with Gasteiger partial charge in [-0.3, -0.25) is 0 Å². The molecule has 0 unspecified atom stereocenters. The Labute approximate surface area is 130 Å². The van der Waals surface area contributed by atoms with Crippen molar-refractivity contribution in [3.05, 3.63) is 16.3 Å². The summed E-state index contributed by atoms with van der Waals surface area (Å²) in [5.74, 6) is 2.02. The molecule has 0 amide bonds. The number of anilines is 1. The molecule has 112 valence electrons. The zero-order chi connectivity index (χ0) is 14.2. The molecule has 2 aliphatic rings. The van der Waals surface area contributed by atoms with Gasteiger partial charge in [0.15, 0.2) is 0 Å². The van der Waals surface area contributed by atoms with Crippen molar-refractivity contribution in [2.24, 2.45) is 0 Å². The van der Waals surface area contributed by atoms with Gasteiger partial charge in [0.2, 0.25) is 0 Å². The fraction of sp³-hybridized carbons (Fsp3) is 0.647. The summed E-state index contributed by atoms with van der Waals surface area (Å²) < 4.78 is 0. The van der Waals surface area contributed by atoms with Gasteiger partial charge in [0.05, 0.1) is 5.39 Å². The lowest BCUT2D eigenvalue weighted by atomic mass is 9.94. The quantitative estimate of drug-likeness (QED) is 0.879. The molecule has 1 fully saturated rings. The van der Waals surface area contributed by atoms with E-state index in [-0.39, 0.29) is 0 Å². The molecule has 1 N–H and O–H groups in total. The molecule has 0 spiro atoms. The molecule has 2 aromatic heterocycles. The summed E-state index contributed by atoms with van der Waals surface area (Å²) in [5.41, 5.74) is 1.54. The van der Waals surface area contributed by atoms with Gasteiger partial charge < -0.3 is 5.32 Å². The summed E-state index contributed by atoms with van der Waals surface area (Å²) in [6, 6.07) is 0.607. The van der Waals surface area contributed by atoms with Crippen LogP contribution in [-0.2, 0) is 12.8 Å². The maximum absolute atomic E-state index is 4.76. The third kappa shape index (κ3) is 2.54. The number of fused-ring (bicyclic) bond motifs is 3. The van der Waals surface area contributed by atoms with Gasteiger partial charge >= 0.3 is 0 Å². The first kappa shape index (κ1) is 13.5. The van der Waals surface area contributed by atoms with Crippen molar-refractivity contribution in [1.29, 1.82) is 0 Å². The normalized spacial score (nSPS) is 19.7. The largest absolute Gasteiger partial charge is 0.367 e. The third-order valence-corrected chi connectivity index (χ3v) is 6.06. The molecule has 2 heterocycles. The number of nitrogens with zero attached hydrogens (tertiary/aromatic N) is 2. The van der Waals surface area contributed by atoms with Crippen LogP contribution < -0.4 is 5.32 Å². The number of nitrogens with one attached hydrogen (secondary N) is 1. The van der Waals surface area contributed by atoms with Gasteiger partial charge in [-0.05, 0) is 51.0 Å². The molecule has 1 saturated carbocycles. The van der Waals surface area contributed by atoms with Crippen molar-refractivity contribution >= 4 is 27.4 Å². The Bertz CT molecular complexity index is 656. The van der Waals surface area contributed by atoms with Crippen LogP contribution in [0.4, 0.5) is 5.82 Å². The van der Waals surface area contributed by atoms with Gasteiger partial charge in [0.1, 0.15) is 16.5 Å². The number of aryl methyl sites for hydroxylation is 3. The van der Waals surface area contributed by atoms with E-state index in [0.29, 0.717) is 6.04 Å². The van der Waals surface area contributed by atoms with E-state index in [9.17, 15) is 0 Å². The molecule has 0 radical (unpaired) electrons. The van der Waals surface area contributed by atoms with Crippen molar-refractivity contribution in [2.45, 2.75) is 70.8 Å². The molecule has 21 heavy (non-hydrogen) atoms. The van der Waals surface area contributed by atoms with Gasteiger partial charge in [-0.25, -0.2) is 9.97 Å². The summed E-state index contributed by atoms with van der Waals surface area (Å²) in [4.78, 5) is 12.2. The van der Waals surface area contributed by atoms with E-state index in [0.717, 1.165) is 11.6 Å². The second kappa shape index (κ2) is 5.56.